The minimum Gasteiger partial charge on any atom is -0.477 e. The molecular formula is C12H17NO3. The van der Waals surface area contributed by atoms with Gasteiger partial charge in [0.25, 0.3) is 0 Å². The maximum Gasteiger partial charge on any atom is 0.347 e. The molecule has 0 bridgehead atoms. The number of carbonyl (C=O) groups is 1. The molecule has 0 saturated heterocycles. The standard InChI is InChI=1S/C12H17NO3/c1-4-15-12(14)9(3)16-11-7-8(2)5-6-10(11)13/h5-7,9H,4,13H2,1-3H3. The van der Waals surface area contributed by atoms with Gasteiger partial charge in [0.2, 0.25) is 0 Å². The van der Waals surface area contributed by atoms with Gasteiger partial charge in [0.1, 0.15) is 5.75 Å². The first-order chi connectivity index (χ1) is 7.54. The highest BCUT2D eigenvalue weighted by atomic mass is 16.6. The van der Waals surface area contributed by atoms with Crippen LogP contribution in [-0.4, -0.2) is 18.7 Å². The Morgan fingerprint density at radius 3 is 2.81 bits per heavy atom. The number of esters is 1. The lowest BCUT2D eigenvalue weighted by Gasteiger charge is -2.15. The molecule has 1 atom stereocenters. The Bertz CT molecular complexity index is 377. The number of hydrogen-bond donors (Lipinski definition) is 1. The molecule has 1 unspecified atom stereocenters. The Morgan fingerprint density at radius 1 is 1.50 bits per heavy atom. The van der Waals surface area contributed by atoms with Gasteiger partial charge in [0.05, 0.1) is 12.3 Å². The Kier molecular flexibility index (Phi) is 4.17. The second kappa shape index (κ2) is 5.39. The van der Waals surface area contributed by atoms with Crippen molar-refractivity contribution in [2.75, 3.05) is 12.3 Å². The van der Waals surface area contributed by atoms with Crippen LogP contribution in [0.25, 0.3) is 0 Å². The molecule has 0 aliphatic heterocycles. The summed E-state index contributed by atoms with van der Waals surface area (Å²) in [6.45, 7) is 5.67. The molecule has 0 aromatic heterocycles. The van der Waals surface area contributed by atoms with E-state index >= 15 is 0 Å². The SMILES string of the molecule is CCOC(=O)C(C)Oc1cc(C)ccc1N. The minimum absolute atomic E-state index is 0.343. The molecule has 0 amide bonds. The van der Waals surface area contributed by atoms with Crippen molar-refractivity contribution in [1.29, 1.82) is 0 Å². The third-order valence-corrected chi connectivity index (χ3v) is 2.09. The van der Waals surface area contributed by atoms with E-state index in [9.17, 15) is 4.79 Å². The number of rotatable bonds is 4. The fourth-order valence-corrected chi connectivity index (χ4v) is 1.24. The van der Waals surface area contributed by atoms with Gasteiger partial charge in [-0.3, -0.25) is 0 Å². The predicted octanol–water partition coefficient (Wildman–Crippen LogP) is 1.91. The number of carbonyl (C=O) groups excluding carboxylic acids is 1. The average molecular weight is 223 g/mol. The summed E-state index contributed by atoms with van der Waals surface area (Å²) < 4.78 is 10.3. The summed E-state index contributed by atoms with van der Waals surface area (Å²) in [5, 5.41) is 0. The van der Waals surface area contributed by atoms with Crippen LogP contribution in [0.15, 0.2) is 18.2 Å². The second-order valence-corrected chi connectivity index (χ2v) is 3.55. The van der Waals surface area contributed by atoms with E-state index in [1.807, 2.05) is 13.0 Å². The van der Waals surface area contributed by atoms with E-state index in [1.54, 1.807) is 26.0 Å². The van der Waals surface area contributed by atoms with Crippen molar-refractivity contribution in [3.63, 3.8) is 0 Å². The third-order valence-electron chi connectivity index (χ3n) is 2.09. The summed E-state index contributed by atoms with van der Waals surface area (Å²) in [7, 11) is 0. The average Bonchev–Trinajstić information content (AvgIpc) is 2.23. The number of benzene rings is 1. The van der Waals surface area contributed by atoms with Gasteiger partial charge in [-0.1, -0.05) is 6.07 Å². The summed E-state index contributed by atoms with van der Waals surface area (Å²) in [6.07, 6.45) is -0.649. The monoisotopic (exact) mass is 223 g/mol. The molecule has 4 heteroatoms. The predicted molar refractivity (Wildman–Crippen MR) is 62.3 cm³/mol. The molecule has 4 nitrogen and oxygen atoms in total. The van der Waals surface area contributed by atoms with E-state index in [0.717, 1.165) is 5.56 Å². The van der Waals surface area contributed by atoms with Crippen LogP contribution >= 0.6 is 0 Å². The van der Waals surface area contributed by atoms with Crippen molar-refractivity contribution in [3.8, 4) is 5.75 Å². The summed E-state index contributed by atoms with van der Waals surface area (Å²) in [4.78, 5) is 11.4. The first-order valence-corrected chi connectivity index (χ1v) is 5.24. The normalized spacial score (nSPS) is 11.9. The smallest absolute Gasteiger partial charge is 0.347 e. The van der Waals surface area contributed by atoms with Gasteiger partial charge in [-0.05, 0) is 38.5 Å². The van der Waals surface area contributed by atoms with E-state index in [-0.39, 0.29) is 5.97 Å². The van der Waals surface area contributed by atoms with E-state index in [0.29, 0.717) is 18.0 Å². The van der Waals surface area contributed by atoms with Crippen LogP contribution < -0.4 is 10.5 Å². The molecular weight excluding hydrogens is 206 g/mol. The van der Waals surface area contributed by atoms with Crippen LogP contribution in [0.1, 0.15) is 19.4 Å². The van der Waals surface area contributed by atoms with Crippen molar-refractivity contribution in [3.05, 3.63) is 23.8 Å². The molecule has 0 aliphatic carbocycles. The fraction of sp³-hybridized carbons (Fsp3) is 0.417. The minimum atomic E-state index is -0.649. The van der Waals surface area contributed by atoms with Gasteiger partial charge >= 0.3 is 5.97 Å². The highest BCUT2D eigenvalue weighted by Gasteiger charge is 2.16. The summed E-state index contributed by atoms with van der Waals surface area (Å²) in [5.41, 5.74) is 7.28. The van der Waals surface area contributed by atoms with Crippen LogP contribution in [0.3, 0.4) is 0 Å². The quantitative estimate of drug-likeness (QED) is 0.625. The van der Waals surface area contributed by atoms with Gasteiger partial charge in [0.15, 0.2) is 6.10 Å². The number of nitrogens with two attached hydrogens (primary N) is 1. The van der Waals surface area contributed by atoms with Crippen molar-refractivity contribution >= 4 is 11.7 Å². The summed E-state index contributed by atoms with van der Waals surface area (Å²) in [5.74, 6) is 0.129. The van der Waals surface area contributed by atoms with Crippen LogP contribution in [0.4, 0.5) is 5.69 Å². The van der Waals surface area contributed by atoms with Crippen LogP contribution in [-0.2, 0) is 9.53 Å². The van der Waals surface area contributed by atoms with Crippen LogP contribution in [0, 0.1) is 6.92 Å². The molecule has 2 N–H and O–H groups in total. The molecule has 1 aromatic rings. The topological polar surface area (TPSA) is 61.5 Å². The number of hydrogen-bond acceptors (Lipinski definition) is 4. The van der Waals surface area contributed by atoms with Crippen LogP contribution in [0.5, 0.6) is 5.75 Å². The first kappa shape index (κ1) is 12.4. The lowest BCUT2D eigenvalue weighted by atomic mass is 10.2. The summed E-state index contributed by atoms with van der Waals surface area (Å²) >= 11 is 0. The Morgan fingerprint density at radius 2 is 2.19 bits per heavy atom. The Balaban J connectivity index is 2.72. The van der Waals surface area contributed by atoms with Crippen molar-refractivity contribution in [2.45, 2.75) is 26.9 Å². The zero-order valence-electron chi connectivity index (χ0n) is 9.82. The van der Waals surface area contributed by atoms with Gasteiger partial charge in [-0.25, -0.2) is 4.79 Å². The lowest BCUT2D eigenvalue weighted by Crippen LogP contribution is -2.26. The van der Waals surface area contributed by atoms with E-state index < -0.39 is 6.10 Å². The van der Waals surface area contributed by atoms with Crippen molar-refractivity contribution < 1.29 is 14.3 Å². The highest BCUT2D eigenvalue weighted by Crippen LogP contribution is 2.23. The van der Waals surface area contributed by atoms with E-state index in [1.165, 1.54) is 0 Å². The maximum atomic E-state index is 11.4. The van der Waals surface area contributed by atoms with Crippen molar-refractivity contribution in [1.82, 2.24) is 0 Å². The largest absolute Gasteiger partial charge is 0.477 e. The van der Waals surface area contributed by atoms with Gasteiger partial charge < -0.3 is 15.2 Å². The lowest BCUT2D eigenvalue weighted by molar-refractivity contribution is -0.150. The van der Waals surface area contributed by atoms with Gasteiger partial charge in [0, 0.05) is 0 Å². The highest BCUT2D eigenvalue weighted by molar-refractivity contribution is 5.75. The molecule has 0 spiro atoms. The third kappa shape index (κ3) is 3.15. The fourth-order valence-electron chi connectivity index (χ4n) is 1.24. The zero-order chi connectivity index (χ0) is 12.1. The van der Waals surface area contributed by atoms with E-state index in [2.05, 4.69) is 0 Å². The number of nitrogen functional groups attached to an aromatic ring is 1. The molecule has 0 aliphatic rings. The molecule has 1 aromatic carbocycles. The second-order valence-electron chi connectivity index (χ2n) is 3.55. The maximum absolute atomic E-state index is 11.4. The number of aryl methyl sites for hydroxylation is 1. The molecule has 0 radical (unpaired) electrons. The summed E-state index contributed by atoms with van der Waals surface area (Å²) in [6, 6.07) is 5.44. The number of anilines is 1. The first-order valence-electron chi connectivity index (χ1n) is 5.24. The number of ether oxygens (including phenoxy) is 2. The molecule has 16 heavy (non-hydrogen) atoms. The molecule has 88 valence electrons. The molecule has 0 fully saturated rings. The Hall–Kier alpha value is -1.71. The molecule has 0 saturated carbocycles. The van der Waals surface area contributed by atoms with Gasteiger partial charge in [-0.15, -0.1) is 0 Å². The molecule has 0 heterocycles. The van der Waals surface area contributed by atoms with Crippen molar-refractivity contribution in [2.24, 2.45) is 0 Å². The Labute approximate surface area is 95.3 Å². The zero-order valence-corrected chi connectivity index (χ0v) is 9.82. The van der Waals surface area contributed by atoms with Gasteiger partial charge in [-0.2, -0.15) is 0 Å². The van der Waals surface area contributed by atoms with Crippen LogP contribution in [0.2, 0.25) is 0 Å². The van der Waals surface area contributed by atoms with E-state index in [4.69, 9.17) is 15.2 Å². The molecule has 1 rings (SSSR count).